The quantitative estimate of drug-likeness (QED) is 0.842. The zero-order valence-electron chi connectivity index (χ0n) is 12.7. The third-order valence-electron chi connectivity index (χ3n) is 3.33. The first-order valence-corrected chi connectivity index (χ1v) is 13.6. The molecule has 0 saturated heterocycles. The lowest BCUT2D eigenvalue weighted by Crippen LogP contribution is -2.50. The largest absolute Gasteiger partial charge is 0.327 e. The van der Waals surface area contributed by atoms with Gasteiger partial charge in [0.25, 0.3) is 0 Å². The van der Waals surface area contributed by atoms with Crippen LogP contribution in [0.5, 0.6) is 0 Å². The van der Waals surface area contributed by atoms with Gasteiger partial charge in [0.1, 0.15) is 0 Å². The third-order valence-corrected chi connectivity index (χ3v) is 7.50. The lowest BCUT2D eigenvalue weighted by atomic mass is 10.1. The van der Waals surface area contributed by atoms with Crippen molar-refractivity contribution in [2.75, 3.05) is 0 Å². The summed E-state index contributed by atoms with van der Waals surface area (Å²) in [4.78, 5) is 0. The number of benzene rings is 1. The average molecular weight is 278 g/mol. The fourth-order valence-electron chi connectivity index (χ4n) is 2.64. The van der Waals surface area contributed by atoms with Crippen LogP contribution in [-0.2, 0) is 6.54 Å². The van der Waals surface area contributed by atoms with Crippen LogP contribution in [0.15, 0.2) is 18.7 Å². The van der Waals surface area contributed by atoms with E-state index in [-0.39, 0.29) is 0 Å². The monoisotopic (exact) mass is 277 g/mol. The highest BCUT2D eigenvalue weighted by Crippen LogP contribution is 2.15. The number of rotatable bonds is 4. The molecule has 1 rings (SSSR count). The van der Waals surface area contributed by atoms with Gasteiger partial charge in [-0.3, -0.25) is 0 Å². The molecule has 0 aliphatic rings. The van der Waals surface area contributed by atoms with Gasteiger partial charge in [-0.15, -0.1) is 0 Å². The van der Waals surface area contributed by atoms with Crippen molar-refractivity contribution in [2.24, 2.45) is 5.73 Å². The molecule has 100 valence electrons. The fraction of sp³-hybridized carbons (Fsp3) is 0.467. The molecule has 0 radical (unpaired) electrons. The zero-order valence-corrected chi connectivity index (χ0v) is 14.7. The molecule has 1 nitrogen and oxygen atoms in total. The van der Waals surface area contributed by atoms with Crippen LogP contribution in [0.4, 0.5) is 0 Å². The molecule has 0 saturated carbocycles. The normalized spacial score (nSPS) is 12.6. The van der Waals surface area contributed by atoms with Gasteiger partial charge in [0.15, 0.2) is 0 Å². The highest BCUT2D eigenvalue weighted by atomic mass is 28.3. The van der Waals surface area contributed by atoms with Gasteiger partial charge in [-0.1, -0.05) is 69.3 Å². The fourth-order valence-corrected chi connectivity index (χ4v) is 6.67. The minimum Gasteiger partial charge on any atom is -0.327 e. The molecule has 0 aromatic heterocycles. The Morgan fingerprint density at radius 1 is 1.06 bits per heavy atom. The molecule has 0 amide bonds. The van der Waals surface area contributed by atoms with Crippen molar-refractivity contribution in [1.29, 1.82) is 0 Å². The van der Waals surface area contributed by atoms with E-state index < -0.39 is 16.1 Å². The standard InChI is InChI=1S/C15H27NSi2/c1-8-12-9-10-14(17(2,3)4)13(11-16)15(12)18(5,6)7/h8-10H,1,11,16H2,2-7H3. The summed E-state index contributed by atoms with van der Waals surface area (Å²) in [6.07, 6.45) is 1.99. The number of hydrogen-bond donors (Lipinski definition) is 1. The Balaban J connectivity index is 3.69. The third kappa shape index (κ3) is 3.02. The zero-order chi connectivity index (χ0) is 14.1. The van der Waals surface area contributed by atoms with Crippen LogP contribution in [0.25, 0.3) is 6.08 Å². The predicted molar refractivity (Wildman–Crippen MR) is 90.4 cm³/mol. The van der Waals surface area contributed by atoms with Crippen molar-refractivity contribution >= 4 is 32.6 Å². The van der Waals surface area contributed by atoms with E-state index in [1.165, 1.54) is 21.5 Å². The van der Waals surface area contributed by atoms with Gasteiger partial charge in [0, 0.05) is 6.54 Å². The Bertz CT molecular complexity index is 451. The summed E-state index contributed by atoms with van der Waals surface area (Å²) in [6, 6.07) is 4.53. The maximum absolute atomic E-state index is 6.08. The Labute approximate surface area is 114 Å². The Hall–Kier alpha value is -0.646. The van der Waals surface area contributed by atoms with Crippen molar-refractivity contribution in [3.8, 4) is 0 Å². The van der Waals surface area contributed by atoms with Crippen LogP contribution in [-0.4, -0.2) is 16.1 Å². The molecule has 0 spiro atoms. The molecule has 0 aliphatic carbocycles. The Morgan fingerprint density at radius 2 is 1.61 bits per heavy atom. The van der Waals surface area contributed by atoms with Crippen LogP contribution in [0.3, 0.4) is 0 Å². The maximum atomic E-state index is 6.08. The molecule has 2 N–H and O–H groups in total. The van der Waals surface area contributed by atoms with Crippen molar-refractivity contribution in [3.63, 3.8) is 0 Å². The van der Waals surface area contributed by atoms with E-state index in [9.17, 15) is 0 Å². The molecule has 1 aromatic carbocycles. The van der Waals surface area contributed by atoms with Crippen molar-refractivity contribution in [1.82, 2.24) is 0 Å². The molecule has 0 fully saturated rings. The summed E-state index contributed by atoms with van der Waals surface area (Å²) >= 11 is 0. The van der Waals surface area contributed by atoms with E-state index in [2.05, 4.69) is 58.0 Å². The Morgan fingerprint density at radius 3 is 1.94 bits per heavy atom. The molecule has 1 aromatic rings. The maximum Gasteiger partial charge on any atom is 0.0788 e. The first-order chi connectivity index (χ1) is 8.12. The van der Waals surface area contributed by atoms with Crippen LogP contribution in [0.2, 0.25) is 39.3 Å². The van der Waals surface area contributed by atoms with Gasteiger partial charge in [0.2, 0.25) is 0 Å². The predicted octanol–water partition coefficient (Wildman–Crippen LogP) is 2.88. The van der Waals surface area contributed by atoms with Gasteiger partial charge in [-0.25, -0.2) is 0 Å². The SMILES string of the molecule is C=Cc1ccc([Si](C)(C)C)c(CN)c1[Si](C)(C)C. The van der Waals surface area contributed by atoms with Gasteiger partial charge in [-0.05, 0) is 16.3 Å². The summed E-state index contributed by atoms with van der Waals surface area (Å²) in [5.74, 6) is 0. The van der Waals surface area contributed by atoms with Crippen LogP contribution in [0.1, 0.15) is 11.1 Å². The summed E-state index contributed by atoms with van der Waals surface area (Å²) < 4.78 is 0. The molecule has 0 aliphatic heterocycles. The molecule has 0 unspecified atom stereocenters. The number of nitrogens with two attached hydrogens (primary N) is 1. The van der Waals surface area contributed by atoms with Gasteiger partial charge < -0.3 is 5.73 Å². The van der Waals surface area contributed by atoms with Gasteiger partial charge in [-0.2, -0.15) is 0 Å². The average Bonchev–Trinajstić information content (AvgIpc) is 2.24. The van der Waals surface area contributed by atoms with Crippen molar-refractivity contribution in [3.05, 3.63) is 29.8 Å². The second-order valence-electron chi connectivity index (χ2n) is 6.96. The van der Waals surface area contributed by atoms with E-state index in [4.69, 9.17) is 5.73 Å². The first kappa shape index (κ1) is 15.4. The molecular weight excluding hydrogens is 250 g/mol. The van der Waals surface area contributed by atoms with Gasteiger partial charge in [0.05, 0.1) is 16.1 Å². The lowest BCUT2D eigenvalue weighted by molar-refractivity contribution is 1.09. The van der Waals surface area contributed by atoms with Crippen molar-refractivity contribution < 1.29 is 0 Å². The topological polar surface area (TPSA) is 26.0 Å². The van der Waals surface area contributed by atoms with E-state index in [0.717, 1.165) is 0 Å². The van der Waals surface area contributed by atoms with Crippen molar-refractivity contribution in [2.45, 2.75) is 45.8 Å². The molecule has 18 heavy (non-hydrogen) atoms. The highest BCUT2D eigenvalue weighted by Gasteiger charge is 2.28. The summed E-state index contributed by atoms with van der Waals surface area (Å²) in [7, 11) is -2.74. The summed E-state index contributed by atoms with van der Waals surface area (Å²) in [5, 5.41) is 3.04. The molecule has 0 atom stereocenters. The lowest BCUT2D eigenvalue weighted by Gasteiger charge is -2.29. The summed E-state index contributed by atoms with van der Waals surface area (Å²) in [5.41, 5.74) is 8.78. The summed E-state index contributed by atoms with van der Waals surface area (Å²) in [6.45, 7) is 19.0. The molecule has 0 heterocycles. The molecular formula is C15H27NSi2. The van der Waals surface area contributed by atoms with Crippen LogP contribution in [0, 0.1) is 0 Å². The first-order valence-electron chi connectivity index (χ1n) is 6.62. The minimum absolute atomic E-state index is 0.654. The second kappa shape index (κ2) is 5.15. The minimum atomic E-state index is -1.40. The smallest absolute Gasteiger partial charge is 0.0788 e. The van der Waals surface area contributed by atoms with E-state index in [0.29, 0.717) is 6.54 Å². The second-order valence-corrected chi connectivity index (χ2v) is 17.0. The highest BCUT2D eigenvalue weighted by molar-refractivity contribution is 6.92. The number of hydrogen-bond acceptors (Lipinski definition) is 1. The van der Waals surface area contributed by atoms with Crippen LogP contribution >= 0.6 is 0 Å². The van der Waals surface area contributed by atoms with Crippen LogP contribution < -0.4 is 16.1 Å². The van der Waals surface area contributed by atoms with Gasteiger partial charge >= 0.3 is 0 Å². The Kier molecular flexibility index (Phi) is 4.41. The van der Waals surface area contributed by atoms with E-state index >= 15 is 0 Å². The van der Waals surface area contributed by atoms with E-state index in [1.807, 2.05) is 6.08 Å². The molecule has 3 heteroatoms. The van der Waals surface area contributed by atoms with E-state index in [1.54, 1.807) is 0 Å². The molecule has 0 bridgehead atoms.